The molecule has 3 heterocycles. The number of fused-ring (bicyclic) bond motifs is 1. The molecule has 0 radical (unpaired) electrons. The van der Waals surface area contributed by atoms with E-state index in [-0.39, 0.29) is 12.7 Å². The van der Waals surface area contributed by atoms with E-state index in [0.29, 0.717) is 25.4 Å². The summed E-state index contributed by atoms with van der Waals surface area (Å²) in [6, 6.07) is 13.8. The molecular formula is C23H24N6O3. The van der Waals surface area contributed by atoms with Gasteiger partial charge in [0.2, 0.25) is 12.7 Å². The number of ether oxygens (including phenoxy) is 2. The summed E-state index contributed by atoms with van der Waals surface area (Å²) in [4.78, 5) is 16.8. The fourth-order valence-corrected chi connectivity index (χ4v) is 3.81. The minimum absolute atomic E-state index is 0.00630. The van der Waals surface area contributed by atoms with E-state index in [0.717, 1.165) is 35.9 Å². The summed E-state index contributed by atoms with van der Waals surface area (Å²) in [7, 11) is 0. The van der Waals surface area contributed by atoms with Crippen molar-refractivity contribution in [1.82, 2.24) is 30.0 Å². The summed E-state index contributed by atoms with van der Waals surface area (Å²) in [5.41, 5.74) is 3.04. The number of hydrogen-bond acceptors (Lipinski definition) is 7. The summed E-state index contributed by atoms with van der Waals surface area (Å²) >= 11 is 0. The molecule has 0 N–H and O–H groups in total. The van der Waals surface area contributed by atoms with E-state index in [1.807, 2.05) is 53.4 Å². The summed E-state index contributed by atoms with van der Waals surface area (Å²) in [5, 5.41) is 12.2. The fraction of sp³-hybridized carbons (Fsp3) is 0.304. The molecule has 0 unspecified atom stereocenters. The molecule has 9 heteroatoms. The highest BCUT2D eigenvalue weighted by molar-refractivity contribution is 5.92. The minimum atomic E-state index is 0.00630. The number of carbonyl (C=O) groups is 1. The second kappa shape index (κ2) is 8.80. The second-order valence-corrected chi connectivity index (χ2v) is 7.89. The van der Waals surface area contributed by atoms with E-state index >= 15 is 0 Å². The Balaban J connectivity index is 1.16. The molecule has 1 amide bonds. The second-order valence-electron chi connectivity index (χ2n) is 7.89. The van der Waals surface area contributed by atoms with Crippen molar-refractivity contribution in [2.24, 2.45) is 0 Å². The maximum absolute atomic E-state index is 12.6. The topological polar surface area (TPSA) is 85.6 Å². The number of hydrogen-bond donors (Lipinski definition) is 0. The van der Waals surface area contributed by atoms with Crippen LogP contribution >= 0.6 is 0 Å². The molecule has 2 aliphatic heterocycles. The van der Waals surface area contributed by atoms with Gasteiger partial charge in [-0.3, -0.25) is 9.69 Å². The van der Waals surface area contributed by atoms with E-state index in [1.54, 1.807) is 10.8 Å². The van der Waals surface area contributed by atoms with Crippen molar-refractivity contribution in [1.29, 1.82) is 0 Å². The summed E-state index contributed by atoms with van der Waals surface area (Å²) in [5.74, 6) is 2.24. The third kappa shape index (κ3) is 4.33. The SMILES string of the molecule is Cc1ccc(-n2nnnc2CN2CCN(C(=O)C=Cc3ccc4c(c3)OCO4)CC2)cc1. The maximum Gasteiger partial charge on any atom is 0.246 e. The van der Waals surface area contributed by atoms with Gasteiger partial charge in [-0.15, -0.1) is 5.10 Å². The Morgan fingerprint density at radius 2 is 1.81 bits per heavy atom. The van der Waals surface area contributed by atoms with E-state index < -0.39 is 0 Å². The molecule has 164 valence electrons. The Hall–Kier alpha value is -3.72. The van der Waals surface area contributed by atoms with Crippen molar-refractivity contribution in [3.8, 4) is 17.2 Å². The van der Waals surface area contributed by atoms with Crippen LogP contribution < -0.4 is 9.47 Å². The molecule has 1 aromatic heterocycles. The molecule has 1 fully saturated rings. The first-order valence-corrected chi connectivity index (χ1v) is 10.6. The van der Waals surface area contributed by atoms with Crippen molar-refractivity contribution in [3.63, 3.8) is 0 Å². The highest BCUT2D eigenvalue weighted by atomic mass is 16.7. The molecule has 0 aliphatic carbocycles. The van der Waals surface area contributed by atoms with Crippen LogP contribution in [-0.4, -0.2) is 68.9 Å². The molecule has 0 bridgehead atoms. The van der Waals surface area contributed by atoms with Crippen molar-refractivity contribution in [3.05, 3.63) is 65.5 Å². The van der Waals surface area contributed by atoms with Crippen LogP contribution in [-0.2, 0) is 11.3 Å². The number of aromatic nitrogens is 4. The van der Waals surface area contributed by atoms with Gasteiger partial charge in [0.15, 0.2) is 17.3 Å². The first-order chi connectivity index (χ1) is 15.7. The zero-order chi connectivity index (χ0) is 21.9. The smallest absolute Gasteiger partial charge is 0.246 e. The normalized spacial score (nSPS) is 16.1. The highest BCUT2D eigenvalue weighted by Gasteiger charge is 2.22. The fourth-order valence-electron chi connectivity index (χ4n) is 3.81. The number of rotatable bonds is 5. The monoisotopic (exact) mass is 432 g/mol. The largest absolute Gasteiger partial charge is 0.454 e. The van der Waals surface area contributed by atoms with Gasteiger partial charge in [0.05, 0.1) is 12.2 Å². The van der Waals surface area contributed by atoms with Crippen LogP contribution in [0.15, 0.2) is 48.5 Å². The van der Waals surface area contributed by atoms with Gasteiger partial charge in [-0.25, -0.2) is 0 Å². The number of nitrogens with zero attached hydrogens (tertiary/aromatic N) is 6. The minimum Gasteiger partial charge on any atom is -0.454 e. The van der Waals surface area contributed by atoms with Gasteiger partial charge >= 0.3 is 0 Å². The van der Waals surface area contributed by atoms with Crippen LogP contribution in [0.5, 0.6) is 11.5 Å². The molecule has 5 rings (SSSR count). The van der Waals surface area contributed by atoms with Gasteiger partial charge in [0.1, 0.15) is 0 Å². The Kier molecular flexibility index (Phi) is 5.55. The highest BCUT2D eigenvalue weighted by Crippen LogP contribution is 2.32. The number of aryl methyl sites for hydroxylation is 1. The lowest BCUT2D eigenvalue weighted by Crippen LogP contribution is -2.48. The molecular weight excluding hydrogens is 408 g/mol. The summed E-state index contributed by atoms with van der Waals surface area (Å²) in [6.45, 7) is 5.79. The molecule has 1 saturated heterocycles. The predicted molar refractivity (Wildman–Crippen MR) is 117 cm³/mol. The number of tetrazole rings is 1. The van der Waals surface area contributed by atoms with Gasteiger partial charge < -0.3 is 14.4 Å². The van der Waals surface area contributed by atoms with Crippen LogP contribution in [0.3, 0.4) is 0 Å². The van der Waals surface area contributed by atoms with Crippen LogP contribution in [0, 0.1) is 6.92 Å². The van der Waals surface area contributed by atoms with Gasteiger partial charge in [0.25, 0.3) is 0 Å². The van der Waals surface area contributed by atoms with Gasteiger partial charge in [0, 0.05) is 32.3 Å². The maximum atomic E-state index is 12.6. The number of benzene rings is 2. The van der Waals surface area contributed by atoms with Crippen molar-refractivity contribution < 1.29 is 14.3 Å². The van der Waals surface area contributed by atoms with E-state index in [1.165, 1.54) is 5.56 Å². The summed E-state index contributed by atoms with van der Waals surface area (Å²) < 4.78 is 12.5. The van der Waals surface area contributed by atoms with E-state index in [9.17, 15) is 4.79 Å². The van der Waals surface area contributed by atoms with Crippen LogP contribution in [0.2, 0.25) is 0 Å². The lowest BCUT2D eigenvalue weighted by Gasteiger charge is -2.33. The number of amides is 1. The zero-order valence-electron chi connectivity index (χ0n) is 17.8. The third-order valence-electron chi connectivity index (χ3n) is 5.68. The molecule has 0 saturated carbocycles. The molecule has 3 aromatic rings. The number of carbonyl (C=O) groups excluding carboxylic acids is 1. The van der Waals surface area contributed by atoms with Gasteiger partial charge in [-0.2, -0.15) is 4.68 Å². The Morgan fingerprint density at radius 1 is 1.03 bits per heavy atom. The Morgan fingerprint density at radius 3 is 2.62 bits per heavy atom. The van der Waals surface area contributed by atoms with Crippen molar-refractivity contribution in [2.75, 3.05) is 33.0 Å². The van der Waals surface area contributed by atoms with Crippen LogP contribution in [0.25, 0.3) is 11.8 Å². The van der Waals surface area contributed by atoms with Crippen LogP contribution in [0.4, 0.5) is 0 Å². The average Bonchev–Trinajstić information content (AvgIpc) is 3.47. The predicted octanol–water partition coefficient (Wildman–Crippen LogP) is 2.06. The van der Waals surface area contributed by atoms with E-state index in [4.69, 9.17) is 9.47 Å². The first-order valence-electron chi connectivity index (χ1n) is 10.6. The number of piperazine rings is 1. The Bertz CT molecular complexity index is 1130. The molecule has 2 aromatic carbocycles. The lowest BCUT2D eigenvalue weighted by atomic mass is 10.2. The standard InChI is InChI=1S/C23H24N6O3/c1-17-2-6-19(7-3-17)29-22(24-25-26-29)15-27-10-12-28(13-11-27)23(30)9-5-18-4-8-20-21(14-18)32-16-31-20/h2-9,14H,10-13,15-16H2,1H3. The molecule has 0 atom stereocenters. The summed E-state index contributed by atoms with van der Waals surface area (Å²) in [6.07, 6.45) is 3.43. The van der Waals surface area contributed by atoms with E-state index in [2.05, 4.69) is 27.3 Å². The zero-order valence-corrected chi connectivity index (χ0v) is 17.8. The van der Waals surface area contributed by atoms with Gasteiger partial charge in [-0.05, 0) is 53.3 Å². The quantitative estimate of drug-likeness (QED) is 0.571. The first kappa shape index (κ1) is 20.2. The molecule has 9 nitrogen and oxygen atoms in total. The molecule has 32 heavy (non-hydrogen) atoms. The molecule has 2 aliphatic rings. The lowest BCUT2D eigenvalue weighted by molar-refractivity contribution is -0.127. The van der Waals surface area contributed by atoms with Crippen molar-refractivity contribution >= 4 is 12.0 Å². The Labute approximate surface area is 185 Å². The van der Waals surface area contributed by atoms with Crippen molar-refractivity contribution in [2.45, 2.75) is 13.5 Å². The van der Waals surface area contributed by atoms with Gasteiger partial charge in [-0.1, -0.05) is 23.8 Å². The van der Waals surface area contributed by atoms with Crippen LogP contribution in [0.1, 0.15) is 17.0 Å². The average molecular weight is 432 g/mol. The third-order valence-corrected chi connectivity index (χ3v) is 5.68. The molecule has 0 spiro atoms.